The molecule has 0 aliphatic heterocycles. The molecule has 0 atom stereocenters. The van der Waals surface area contributed by atoms with Crippen LogP contribution >= 0.6 is 23.1 Å². The predicted octanol–water partition coefficient (Wildman–Crippen LogP) is 14.4. The summed E-state index contributed by atoms with van der Waals surface area (Å²) in [4.78, 5) is 18.3. The van der Waals surface area contributed by atoms with Crippen molar-refractivity contribution in [3.05, 3.63) is 83.3 Å². The van der Waals surface area contributed by atoms with Crippen molar-refractivity contribution >= 4 is 60.0 Å². The number of hydrogen-bond donors (Lipinski definition) is 1. The van der Waals surface area contributed by atoms with Gasteiger partial charge in [-0.3, -0.25) is 4.79 Å². The zero-order chi connectivity index (χ0) is 37.9. The van der Waals surface area contributed by atoms with Gasteiger partial charge in [-0.05, 0) is 85.0 Å². The molecule has 3 aromatic heterocycles. The molecule has 3 heterocycles. The second kappa shape index (κ2) is 17.6. The number of aromatic nitrogens is 1. The minimum atomic E-state index is -0.337. The van der Waals surface area contributed by atoms with Crippen molar-refractivity contribution in [2.24, 2.45) is 16.7 Å². The van der Waals surface area contributed by atoms with Gasteiger partial charge in [0.05, 0.1) is 0 Å². The average molecular weight is 917 g/mol. The van der Waals surface area contributed by atoms with Gasteiger partial charge in [0.25, 0.3) is 0 Å². The minimum absolute atomic E-state index is 0. The molecule has 0 fully saturated rings. The van der Waals surface area contributed by atoms with Gasteiger partial charge in [-0.1, -0.05) is 87.6 Å². The molecule has 0 aliphatic carbocycles. The Morgan fingerprint density at radius 2 is 1.62 bits per heavy atom. The van der Waals surface area contributed by atoms with E-state index in [4.69, 9.17) is 9.40 Å². The number of ketones is 1. The first kappa shape index (κ1) is 43.7. The van der Waals surface area contributed by atoms with E-state index in [1.165, 1.54) is 42.3 Å². The van der Waals surface area contributed by atoms with Crippen molar-refractivity contribution in [2.75, 3.05) is 0 Å². The van der Waals surface area contributed by atoms with Crippen LogP contribution in [0.5, 0.6) is 0 Å². The number of thioether (sulfide) groups is 1. The van der Waals surface area contributed by atoms with Crippen molar-refractivity contribution in [3.63, 3.8) is 0 Å². The molecule has 0 spiro atoms. The number of furan rings is 1. The number of nitrogens with zero attached hydrogens (tertiary/aromatic N) is 1. The fourth-order valence-corrected chi connectivity index (χ4v) is 8.36. The van der Waals surface area contributed by atoms with Crippen LogP contribution in [-0.4, -0.2) is 15.9 Å². The Labute approximate surface area is 334 Å². The van der Waals surface area contributed by atoms with Crippen LogP contribution in [0, 0.1) is 29.7 Å². The number of aryl methyl sites for hydroxylation is 1. The Kier molecular flexibility index (Phi) is 14.8. The van der Waals surface area contributed by atoms with Gasteiger partial charge in [0.1, 0.15) is 17.1 Å². The third kappa shape index (κ3) is 8.97. The van der Waals surface area contributed by atoms with Crippen molar-refractivity contribution < 1.29 is 34.4 Å². The standard InChI is InChI=1S/C30H30NOS2.C15H28O2.Ir/c1-8-33-23-11-9-19(16-22(23)30(5,6)7)28-26-25(13-14-31-28)34-24-12-10-20-21(15-17(2)3)18(4)32-29(20)27(24)26;1-7-14(5,8-2)12(16)11-13(17)15(6,9-3)10-4;/h8,10-14,16-17H,1,15H2,2-7H3;11,16H,7-10H2,1-6H3;/q-1;;/b;12-11-;. The van der Waals surface area contributed by atoms with E-state index >= 15 is 0 Å². The normalized spacial score (nSPS) is 12.7. The van der Waals surface area contributed by atoms with E-state index in [-0.39, 0.29) is 47.9 Å². The molecule has 283 valence electrons. The second-order valence-electron chi connectivity index (χ2n) is 15.8. The van der Waals surface area contributed by atoms with Gasteiger partial charge >= 0.3 is 0 Å². The van der Waals surface area contributed by atoms with E-state index in [1.54, 1.807) is 23.1 Å². The summed E-state index contributed by atoms with van der Waals surface area (Å²) in [7, 11) is 0. The number of allylic oxidation sites excluding steroid dienone is 2. The SMILES string of the molecule is C=CSc1c[c-]c(-c2nccc3sc4ccc5c(CC(C)C)c(C)oc5c4c23)cc1C(C)(C)C.CCC(C)(CC)C(=O)/C=C(\O)C(C)(CC)CC.[Ir]. The van der Waals surface area contributed by atoms with Gasteiger partial charge in [0.15, 0.2) is 5.78 Å². The number of hydrogen-bond acceptors (Lipinski definition) is 6. The number of fused-ring (bicyclic) bond motifs is 5. The van der Waals surface area contributed by atoms with Gasteiger partial charge in [0.2, 0.25) is 0 Å². The van der Waals surface area contributed by atoms with Crippen LogP contribution in [0.15, 0.2) is 69.7 Å². The zero-order valence-corrected chi connectivity index (χ0v) is 37.3. The first-order valence-corrected chi connectivity index (χ1v) is 20.2. The van der Waals surface area contributed by atoms with E-state index < -0.39 is 0 Å². The molecule has 5 rings (SSSR count). The summed E-state index contributed by atoms with van der Waals surface area (Å²) in [5.41, 5.74) is 4.97. The number of pyridine rings is 1. The van der Waals surface area contributed by atoms with Crippen LogP contribution in [0.2, 0.25) is 0 Å². The van der Waals surface area contributed by atoms with Crippen molar-refractivity contribution in [1.82, 2.24) is 4.98 Å². The molecule has 4 nitrogen and oxygen atoms in total. The smallest absolute Gasteiger partial charge is 0.164 e. The van der Waals surface area contributed by atoms with Gasteiger partial charge in [-0.2, -0.15) is 11.8 Å². The molecule has 2 aromatic carbocycles. The molecule has 0 bridgehead atoms. The molecule has 0 unspecified atom stereocenters. The van der Waals surface area contributed by atoms with Gasteiger partial charge < -0.3 is 14.5 Å². The minimum Gasteiger partial charge on any atom is -0.512 e. The van der Waals surface area contributed by atoms with Crippen LogP contribution in [0.25, 0.3) is 42.4 Å². The summed E-state index contributed by atoms with van der Waals surface area (Å²) in [6, 6.07) is 14.5. The van der Waals surface area contributed by atoms with Crippen molar-refractivity contribution in [1.29, 1.82) is 0 Å². The molecule has 0 amide bonds. The fraction of sp³-hybridized carbons (Fsp3) is 0.467. The Hall–Kier alpha value is -2.70. The van der Waals surface area contributed by atoms with Crippen LogP contribution in [0.1, 0.15) is 119 Å². The second-order valence-corrected chi connectivity index (χ2v) is 17.9. The average Bonchev–Trinajstić information content (AvgIpc) is 3.64. The number of thiophene rings is 1. The van der Waals surface area contributed by atoms with E-state index in [0.29, 0.717) is 5.92 Å². The van der Waals surface area contributed by atoms with Crippen molar-refractivity contribution in [3.8, 4) is 11.3 Å². The molecule has 0 saturated heterocycles. The zero-order valence-electron chi connectivity index (χ0n) is 33.3. The topological polar surface area (TPSA) is 63.3 Å². The Balaban J connectivity index is 0.000000347. The number of aliphatic hydroxyl groups excluding tert-OH is 1. The van der Waals surface area contributed by atoms with Gasteiger partial charge in [-0.15, -0.1) is 40.7 Å². The van der Waals surface area contributed by atoms with E-state index in [1.807, 2.05) is 53.1 Å². The first-order chi connectivity index (χ1) is 24.0. The maximum absolute atomic E-state index is 12.2. The van der Waals surface area contributed by atoms with Crippen LogP contribution in [0.4, 0.5) is 0 Å². The summed E-state index contributed by atoms with van der Waals surface area (Å²) in [6.07, 6.45) is 7.69. The summed E-state index contributed by atoms with van der Waals surface area (Å²) >= 11 is 3.45. The Morgan fingerprint density at radius 1 is 1.00 bits per heavy atom. The maximum Gasteiger partial charge on any atom is 0.164 e. The van der Waals surface area contributed by atoms with Gasteiger partial charge in [0, 0.05) is 68.9 Å². The fourth-order valence-electron chi connectivity index (χ4n) is 6.46. The third-order valence-electron chi connectivity index (χ3n) is 10.9. The summed E-state index contributed by atoms with van der Waals surface area (Å²) in [5.74, 6) is 1.88. The number of rotatable bonds is 12. The van der Waals surface area contributed by atoms with Crippen LogP contribution in [-0.2, 0) is 36.7 Å². The quantitative estimate of drug-likeness (QED) is 0.0585. The monoisotopic (exact) mass is 917 g/mol. The maximum atomic E-state index is 12.2. The van der Waals surface area contributed by atoms with E-state index in [9.17, 15) is 9.90 Å². The summed E-state index contributed by atoms with van der Waals surface area (Å²) in [5, 5.41) is 15.6. The molecule has 5 aromatic rings. The Morgan fingerprint density at radius 3 is 2.17 bits per heavy atom. The molecular formula is C45H58IrNO3S2-. The number of carbonyl (C=O) groups is 1. The number of benzene rings is 2. The molecule has 52 heavy (non-hydrogen) atoms. The van der Waals surface area contributed by atoms with Crippen LogP contribution in [0.3, 0.4) is 0 Å². The van der Waals surface area contributed by atoms with Crippen molar-refractivity contribution in [2.45, 2.75) is 125 Å². The summed E-state index contributed by atoms with van der Waals surface area (Å²) < 4.78 is 8.91. The molecule has 0 saturated carbocycles. The van der Waals surface area contributed by atoms with E-state index in [2.05, 4.69) is 84.5 Å². The van der Waals surface area contributed by atoms with E-state index in [0.717, 1.165) is 60.1 Å². The third-order valence-corrected chi connectivity index (χ3v) is 12.8. The molecule has 1 radical (unpaired) electrons. The first-order valence-electron chi connectivity index (χ1n) is 18.5. The summed E-state index contributed by atoms with van der Waals surface area (Å²) in [6.45, 7) is 29.4. The predicted molar refractivity (Wildman–Crippen MR) is 222 cm³/mol. The van der Waals surface area contributed by atoms with Gasteiger partial charge in [-0.25, -0.2) is 0 Å². The molecule has 0 aliphatic rings. The largest absolute Gasteiger partial charge is 0.512 e. The number of carbonyl (C=O) groups excluding carboxylic acids is 1. The molecule has 7 heteroatoms. The Bertz CT molecular complexity index is 2050. The molecular weight excluding hydrogens is 859 g/mol. The van der Waals surface area contributed by atoms with Crippen LogP contribution < -0.4 is 0 Å². The molecule has 1 N–H and O–H groups in total. The number of aliphatic hydroxyl groups is 1.